The van der Waals surface area contributed by atoms with Gasteiger partial charge in [-0.25, -0.2) is 0 Å². The first kappa shape index (κ1) is 85.1. The van der Waals surface area contributed by atoms with E-state index in [0.29, 0.717) is 16.6 Å². The number of thiol groups is 1. The van der Waals surface area contributed by atoms with Crippen molar-refractivity contribution in [2.24, 2.45) is 10.8 Å². The SMILES string of the molecule is C.CC.CC.CC.CC.CC.CC.CC.CC.OCC1=CC2(C=CC2)CC1.Oc1cc[c-]cc1.SI.[CH2-]I.[V].[W].[W].[c-]1ccc(OCC2=CC3(C=CC3)CC2)cc1. The third-order valence-electron chi connectivity index (χ3n) is 6.72. The molecular formula is C48H87I2O3SVW2-3. The van der Waals surface area contributed by atoms with Crippen molar-refractivity contribution < 1.29 is 75.6 Å². The summed E-state index contributed by atoms with van der Waals surface area (Å²) in [7, 11) is 3.50. The molecule has 2 aromatic carbocycles. The van der Waals surface area contributed by atoms with Crippen LogP contribution >= 0.6 is 53.6 Å². The summed E-state index contributed by atoms with van der Waals surface area (Å²) in [5.74, 6) is 1.23. The fourth-order valence-electron chi connectivity index (χ4n) is 4.57. The quantitative estimate of drug-likeness (QED) is 0.124. The Labute approximate surface area is 430 Å². The van der Waals surface area contributed by atoms with Crippen LogP contribution in [0.5, 0.6) is 11.5 Å². The van der Waals surface area contributed by atoms with Crippen molar-refractivity contribution in [3.63, 3.8) is 0 Å². The molecule has 6 rings (SSSR count). The molecule has 337 valence electrons. The maximum absolute atomic E-state index is 8.83. The number of allylic oxidation sites excluding steroid dienone is 6. The smallest absolute Gasteiger partial charge is 0.106 e. The number of rotatable bonds is 4. The molecule has 0 heterocycles. The Morgan fingerprint density at radius 2 is 0.930 bits per heavy atom. The number of hydrogen-bond donors (Lipinski definition) is 3. The zero-order valence-corrected chi connectivity index (χ0v) is 50.7. The molecule has 0 aliphatic heterocycles. The average Bonchev–Trinajstić information content (AvgIpc) is 3.93. The van der Waals surface area contributed by atoms with Gasteiger partial charge in [0.05, 0.1) is 6.61 Å². The summed E-state index contributed by atoms with van der Waals surface area (Å²) in [6.45, 7) is 33.0. The predicted molar refractivity (Wildman–Crippen MR) is 272 cm³/mol. The molecule has 57 heavy (non-hydrogen) atoms. The van der Waals surface area contributed by atoms with Gasteiger partial charge in [-0.05, 0) is 70.9 Å². The second-order valence-electron chi connectivity index (χ2n) is 9.23. The van der Waals surface area contributed by atoms with E-state index in [1.807, 2.05) is 179 Å². The van der Waals surface area contributed by atoms with Gasteiger partial charge in [0.1, 0.15) is 6.61 Å². The van der Waals surface area contributed by atoms with Gasteiger partial charge in [-0.15, -0.1) is 34.1 Å². The molecule has 0 amide bonds. The van der Waals surface area contributed by atoms with E-state index in [2.05, 4.69) is 63.3 Å². The number of phenols is 1. The molecule has 1 radical (unpaired) electrons. The molecule has 0 fully saturated rings. The van der Waals surface area contributed by atoms with Crippen LogP contribution in [0.3, 0.4) is 0 Å². The van der Waals surface area contributed by atoms with Crippen LogP contribution in [0, 0.1) is 27.9 Å². The van der Waals surface area contributed by atoms with E-state index in [9.17, 15) is 0 Å². The number of aliphatic hydroxyl groups excluding tert-OH is 1. The van der Waals surface area contributed by atoms with Crippen LogP contribution in [0.25, 0.3) is 0 Å². The number of ether oxygens (including phenoxy) is 1. The van der Waals surface area contributed by atoms with Gasteiger partial charge in [0, 0.05) is 83.0 Å². The van der Waals surface area contributed by atoms with Crippen LogP contribution in [0.4, 0.5) is 0 Å². The van der Waals surface area contributed by atoms with E-state index < -0.39 is 0 Å². The van der Waals surface area contributed by atoms with Gasteiger partial charge in [0.15, 0.2) is 0 Å². The van der Waals surface area contributed by atoms with Gasteiger partial charge >= 0.3 is 0 Å². The van der Waals surface area contributed by atoms with Crippen molar-refractivity contribution in [1.29, 1.82) is 0 Å². The number of aliphatic hydroxyl groups is 1. The fraction of sp³-hybridized carbons (Fsp3) is 0.562. The Balaban J connectivity index is -0.0000000508. The van der Waals surface area contributed by atoms with Crippen molar-refractivity contribution in [2.45, 2.75) is 157 Å². The second-order valence-corrected chi connectivity index (χ2v) is 9.23. The molecule has 0 saturated heterocycles. The molecular weight excluding hydrogens is 1330 g/mol. The molecule has 0 saturated carbocycles. The van der Waals surface area contributed by atoms with Crippen molar-refractivity contribution >= 4 is 53.6 Å². The van der Waals surface area contributed by atoms with Crippen LogP contribution in [-0.2, 0) is 60.7 Å². The average molecular weight is 1420 g/mol. The Kier molecular flexibility index (Phi) is 106. The first-order chi connectivity index (χ1) is 26.1. The zero-order chi connectivity index (χ0) is 43.0. The molecule has 2 unspecified atom stereocenters. The largest absolute Gasteiger partial charge is 0.533 e. The standard InChI is InChI=1S/C15H15O.C9H12O.C6H5O.8C2H6.CH2I.CH4.HIS.V.2W/c1-2-5-14(6-3-1)16-12-13-7-10-15(11-13)8-4-9-15;10-7-8-2-5-9(6-8)3-1-4-9;7-6-4-2-1-3-5-6;9*1-2;;1-2;;;/h2-6,8,11H,7,9-10,12H2;1,3,6,10H,2,4-5,7H2;2-5,7H;8*1-2H3;1H2;1H4;2H;;;/q-1;;-1;;;;;;;;;-1;;;;;. The van der Waals surface area contributed by atoms with Crippen LogP contribution in [0.2, 0.25) is 0 Å². The predicted octanol–water partition coefficient (Wildman–Crippen LogP) is 17.7. The molecule has 2 N–H and O–H groups in total. The maximum atomic E-state index is 8.83. The summed E-state index contributed by atoms with van der Waals surface area (Å²) >= 11 is 3.74. The van der Waals surface area contributed by atoms with E-state index in [1.165, 1.54) is 43.3 Å². The normalized spacial score (nSPS) is 15.9. The zero-order valence-electron chi connectivity index (χ0n) is 38.2. The monoisotopic (exact) mass is 1420 g/mol. The van der Waals surface area contributed by atoms with Crippen molar-refractivity contribution in [1.82, 2.24) is 0 Å². The Morgan fingerprint density at radius 1 is 0.632 bits per heavy atom. The van der Waals surface area contributed by atoms with E-state index >= 15 is 0 Å². The molecule has 2 atom stereocenters. The molecule has 9 heteroatoms. The number of halogens is 2. The molecule has 2 aromatic rings. The summed E-state index contributed by atoms with van der Waals surface area (Å²) in [6, 6.07) is 19.9. The summed E-state index contributed by atoms with van der Waals surface area (Å²) < 4.78 is 5.74. The van der Waals surface area contributed by atoms with E-state index in [-0.39, 0.29) is 74.7 Å². The van der Waals surface area contributed by atoms with Gasteiger partial charge < -0.3 is 37.5 Å². The minimum Gasteiger partial charge on any atom is -0.533 e. The second kappa shape index (κ2) is 71.2. The van der Waals surface area contributed by atoms with Gasteiger partial charge in [-0.2, -0.15) is 36.4 Å². The minimum atomic E-state index is 0. The van der Waals surface area contributed by atoms with E-state index in [4.69, 9.17) is 14.9 Å². The van der Waals surface area contributed by atoms with Gasteiger partial charge in [-0.1, -0.05) is 155 Å². The molecule has 0 aromatic heterocycles. The van der Waals surface area contributed by atoms with Gasteiger partial charge in [0.2, 0.25) is 0 Å². The Hall–Kier alpha value is 0.731. The summed E-state index contributed by atoms with van der Waals surface area (Å²) in [4.78, 5) is 3.22. The summed E-state index contributed by atoms with van der Waals surface area (Å²) in [5, 5.41) is 17.4. The van der Waals surface area contributed by atoms with Gasteiger partial charge in [-0.3, -0.25) is 4.93 Å². The number of phenolic OH excluding ortho intramolecular Hbond substituents is 1. The van der Waals surface area contributed by atoms with Crippen LogP contribution in [-0.4, -0.2) is 23.4 Å². The van der Waals surface area contributed by atoms with E-state index in [0.717, 1.165) is 18.8 Å². The molecule has 2 spiro atoms. The third-order valence-corrected chi connectivity index (χ3v) is 6.72. The summed E-state index contributed by atoms with van der Waals surface area (Å²) in [6.07, 6.45) is 20.9. The molecule has 4 aliphatic carbocycles. The number of aromatic hydroxyl groups is 1. The van der Waals surface area contributed by atoms with E-state index in [1.54, 1.807) is 24.3 Å². The number of hydrogen-bond acceptors (Lipinski definition) is 4. The first-order valence-corrected chi connectivity index (χ1v) is 24.9. The van der Waals surface area contributed by atoms with Crippen LogP contribution in [0.15, 0.2) is 96.1 Å². The molecule has 3 nitrogen and oxygen atoms in total. The maximum Gasteiger partial charge on any atom is 0.106 e. The third kappa shape index (κ3) is 44.6. The van der Waals surface area contributed by atoms with Crippen molar-refractivity contribution in [3.8, 4) is 11.5 Å². The first-order valence-electron chi connectivity index (χ1n) is 20.2. The Bertz CT molecular complexity index is 1060. The molecule has 4 aliphatic rings. The molecule has 0 bridgehead atoms. The van der Waals surface area contributed by atoms with Crippen molar-refractivity contribution in [3.05, 3.63) is 113 Å². The van der Waals surface area contributed by atoms with Crippen molar-refractivity contribution in [2.75, 3.05) is 13.2 Å². The van der Waals surface area contributed by atoms with Crippen LogP contribution in [0.1, 0.15) is 157 Å². The minimum absolute atomic E-state index is 0. The van der Waals surface area contributed by atoms with Gasteiger partial charge in [0.25, 0.3) is 0 Å². The fourth-order valence-corrected chi connectivity index (χ4v) is 4.57. The summed E-state index contributed by atoms with van der Waals surface area (Å²) in [5.41, 5.74) is 3.46. The Morgan fingerprint density at radius 3 is 1.16 bits per heavy atom. The number of benzene rings is 2. The topological polar surface area (TPSA) is 49.7 Å². The van der Waals surface area contributed by atoms with Crippen LogP contribution < -0.4 is 4.74 Å².